The topological polar surface area (TPSA) is 56.1 Å². The van der Waals surface area contributed by atoms with Gasteiger partial charge >= 0.3 is 0 Å². The smallest absolute Gasteiger partial charge is 0.271 e. The number of benzene rings is 1. The van der Waals surface area contributed by atoms with E-state index in [-0.39, 0.29) is 23.4 Å². The molecule has 1 fully saturated rings. The van der Waals surface area contributed by atoms with Crippen LogP contribution in [-0.4, -0.2) is 34.9 Å². The van der Waals surface area contributed by atoms with Gasteiger partial charge in [0.25, 0.3) is 5.91 Å². The molecule has 0 aliphatic carbocycles. The van der Waals surface area contributed by atoms with Crippen molar-refractivity contribution in [2.45, 2.75) is 18.9 Å². The van der Waals surface area contributed by atoms with Gasteiger partial charge in [-0.15, -0.1) is 11.3 Å². The first-order valence-electron chi connectivity index (χ1n) is 8.61. The summed E-state index contributed by atoms with van der Waals surface area (Å²) in [4.78, 5) is 13.3. The zero-order chi connectivity index (χ0) is 18.8. The van der Waals surface area contributed by atoms with Crippen LogP contribution in [0, 0.1) is 11.6 Å². The predicted molar refractivity (Wildman–Crippen MR) is 98.1 cm³/mol. The van der Waals surface area contributed by atoms with E-state index in [1.54, 1.807) is 6.07 Å². The summed E-state index contributed by atoms with van der Waals surface area (Å²) >= 11 is 1.44. The van der Waals surface area contributed by atoms with Crippen molar-refractivity contribution >= 4 is 17.2 Å². The second-order valence-corrected chi connectivity index (χ2v) is 7.19. The molecular weight excluding hydrogens is 372 g/mol. The van der Waals surface area contributed by atoms with E-state index in [9.17, 15) is 13.6 Å². The van der Waals surface area contributed by atoms with Crippen LogP contribution < -0.4 is 5.32 Å². The quantitative estimate of drug-likeness (QED) is 0.722. The summed E-state index contributed by atoms with van der Waals surface area (Å²) in [6, 6.07) is 8.59. The molecule has 0 bridgehead atoms. The van der Waals surface area contributed by atoms with E-state index >= 15 is 0 Å². The zero-order valence-electron chi connectivity index (χ0n) is 14.3. The van der Waals surface area contributed by atoms with Crippen molar-refractivity contribution in [2.75, 3.05) is 13.2 Å². The maximum absolute atomic E-state index is 14.3. The van der Waals surface area contributed by atoms with Gasteiger partial charge < -0.3 is 10.1 Å². The number of hydrogen-bond donors (Lipinski definition) is 1. The minimum atomic E-state index is -0.748. The van der Waals surface area contributed by atoms with E-state index in [4.69, 9.17) is 4.74 Å². The Labute approximate surface area is 158 Å². The number of halogens is 2. The number of thiophene rings is 1. The highest BCUT2D eigenvalue weighted by Gasteiger charge is 2.21. The number of rotatable bonds is 5. The van der Waals surface area contributed by atoms with Crippen LogP contribution >= 0.6 is 11.3 Å². The molecule has 8 heteroatoms. The largest absolute Gasteiger partial charge is 0.376 e. The van der Waals surface area contributed by atoms with Gasteiger partial charge in [0.2, 0.25) is 0 Å². The number of carbonyl (C=O) groups is 1. The van der Waals surface area contributed by atoms with Crippen LogP contribution in [0.4, 0.5) is 8.78 Å². The highest BCUT2D eigenvalue weighted by atomic mass is 32.1. The van der Waals surface area contributed by atoms with Gasteiger partial charge in [0.1, 0.15) is 11.5 Å². The molecule has 1 aliphatic heterocycles. The van der Waals surface area contributed by atoms with E-state index < -0.39 is 11.6 Å². The van der Waals surface area contributed by atoms with Crippen molar-refractivity contribution in [3.63, 3.8) is 0 Å². The van der Waals surface area contributed by atoms with Crippen LogP contribution in [-0.2, 0) is 4.74 Å². The lowest BCUT2D eigenvalue weighted by Gasteiger charge is -2.09. The fourth-order valence-electron chi connectivity index (χ4n) is 3.03. The molecule has 140 valence electrons. The van der Waals surface area contributed by atoms with Crippen molar-refractivity contribution < 1.29 is 18.3 Å². The lowest BCUT2D eigenvalue weighted by Crippen LogP contribution is -2.32. The van der Waals surface area contributed by atoms with E-state index in [0.717, 1.165) is 29.9 Å². The fraction of sp³-hybridized carbons (Fsp3) is 0.263. The Morgan fingerprint density at radius 2 is 2.22 bits per heavy atom. The Morgan fingerprint density at radius 3 is 2.93 bits per heavy atom. The molecule has 1 aliphatic rings. The fourth-order valence-corrected chi connectivity index (χ4v) is 3.76. The number of amides is 1. The summed E-state index contributed by atoms with van der Waals surface area (Å²) in [7, 11) is 0. The summed E-state index contributed by atoms with van der Waals surface area (Å²) in [6.07, 6.45) is 1.92. The summed E-state index contributed by atoms with van der Waals surface area (Å²) in [5.41, 5.74) is 0.816. The molecule has 0 radical (unpaired) electrons. The molecule has 27 heavy (non-hydrogen) atoms. The minimum absolute atomic E-state index is 0.0161. The Kier molecular flexibility index (Phi) is 5.00. The van der Waals surface area contributed by atoms with E-state index in [0.29, 0.717) is 18.8 Å². The molecule has 5 nitrogen and oxygen atoms in total. The molecule has 0 spiro atoms. The monoisotopic (exact) mass is 389 g/mol. The second-order valence-electron chi connectivity index (χ2n) is 6.24. The van der Waals surface area contributed by atoms with Gasteiger partial charge in [-0.3, -0.25) is 4.79 Å². The number of nitrogens with one attached hydrogen (secondary N) is 1. The maximum atomic E-state index is 14.3. The Bertz CT molecular complexity index is 950. The van der Waals surface area contributed by atoms with Gasteiger partial charge in [-0.05, 0) is 42.5 Å². The lowest BCUT2D eigenvalue weighted by molar-refractivity contribution is 0.0853. The van der Waals surface area contributed by atoms with E-state index in [1.807, 2.05) is 17.5 Å². The molecule has 4 rings (SSSR count). The summed E-state index contributed by atoms with van der Waals surface area (Å²) in [6.45, 7) is 1.12. The number of carbonyl (C=O) groups excluding carboxylic acids is 1. The molecule has 3 aromatic rings. The third-order valence-electron chi connectivity index (χ3n) is 4.37. The van der Waals surface area contributed by atoms with Gasteiger partial charge in [-0.1, -0.05) is 6.07 Å². The van der Waals surface area contributed by atoms with Crippen LogP contribution in [0.2, 0.25) is 0 Å². The number of nitrogens with zero attached hydrogens (tertiary/aromatic N) is 2. The number of ether oxygens (including phenoxy) is 1. The van der Waals surface area contributed by atoms with Crippen LogP contribution in [0.1, 0.15) is 23.3 Å². The number of hydrogen-bond acceptors (Lipinski definition) is 4. The van der Waals surface area contributed by atoms with Crippen molar-refractivity contribution in [2.24, 2.45) is 0 Å². The first-order valence-corrected chi connectivity index (χ1v) is 9.49. The molecule has 1 saturated heterocycles. The lowest BCUT2D eigenvalue weighted by atomic mass is 10.2. The van der Waals surface area contributed by atoms with Gasteiger partial charge in [0, 0.05) is 19.2 Å². The molecule has 3 heterocycles. The van der Waals surface area contributed by atoms with E-state index in [1.165, 1.54) is 22.1 Å². The molecule has 1 amide bonds. The Morgan fingerprint density at radius 1 is 1.33 bits per heavy atom. The summed E-state index contributed by atoms with van der Waals surface area (Å²) < 4.78 is 34.4. The molecule has 1 aromatic carbocycles. The highest BCUT2D eigenvalue weighted by molar-refractivity contribution is 7.13. The van der Waals surface area contributed by atoms with Crippen LogP contribution in [0.15, 0.2) is 41.8 Å². The highest BCUT2D eigenvalue weighted by Crippen LogP contribution is 2.29. The average molecular weight is 389 g/mol. The number of aromatic nitrogens is 2. The third kappa shape index (κ3) is 3.77. The minimum Gasteiger partial charge on any atom is -0.376 e. The van der Waals surface area contributed by atoms with Crippen LogP contribution in [0.25, 0.3) is 16.3 Å². The predicted octanol–water partition coefficient (Wildman–Crippen LogP) is 3.79. The molecule has 1 N–H and O–H groups in total. The Balaban J connectivity index is 1.66. The van der Waals surface area contributed by atoms with Gasteiger partial charge in [0.15, 0.2) is 11.5 Å². The van der Waals surface area contributed by atoms with E-state index in [2.05, 4.69) is 10.4 Å². The average Bonchev–Trinajstić information content (AvgIpc) is 3.39. The van der Waals surface area contributed by atoms with Crippen molar-refractivity contribution in [1.29, 1.82) is 0 Å². The van der Waals surface area contributed by atoms with Gasteiger partial charge in [0.05, 0.1) is 16.7 Å². The van der Waals surface area contributed by atoms with Crippen molar-refractivity contribution in [1.82, 2.24) is 15.1 Å². The molecular formula is C19H17F2N3O2S. The molecule has 2 aromatic heterocycles. The molecule has 1 atom stereocenters. The zero-order valence-corrected chi connectivity index (χ0v) is 15.1. The Hall–Kier alpha value is -2.58. The van der Waals surface area contributed by atoms with Gasteiger partial charge in [-0.25, -0.2) is 13.5 Å². The first kappa shape index (κ1) is 17.8. The summed E-state index contributed by atoms with van der Waals surface area (Å²) in [5.74, 6) is -1.78. The summed E-state index contributed by atoms with van der Waals surface area (Å²) in [5, 5.41) is 8.97. The molecule has 0 saturated carbocycles. The van der Waals surface area contributed by atoms with Crippen molar-refractivity contribution in [3.8, 4) is 16.3 Å². The first-order chi connectivity index (χ1) is 13.1. The van der Waals surface area contributed by atoms with Crippen LogP contribution in [0.3, 0.4) is 0 Å². The van der Waals surface area contributed by atoms with Gasteiger partial charge in [-0.2, -0.15) is 5.10 Å². The SMILES string of the molecule is O=C(NCC1CCCO1)c1cc(-c2cccs2)n(-c2ccc(F)cc2F)n1. The van der Waals surface area contributed by atoms with Crippen molar-refractivity contribution in [3.05, 3.63) is 59.1 Å². The normalized spacial score (nSPS) is 16.6. The van der Waals surface area contributed by atoms with Crippen LogP contribution in [0.5, 0.6) is 0 Å². The standard InChI is InChI=1S/C19H17F2N3O2S/c20-12-5-6-16(14(21)9-12)24-17(18-4-2-8-27-18)10-15(23-24)19(25)22-11-13-3-1-7-26-13/h2,4-6,8-10,13H,1,3,7,11H2,(H,22,25). The molecule has 1 unspecified atom stereocenters. The third-order valence-corrected chi connectivity index (χ3v) is 5.26. The maximum Gasteiger partial charge on any atom is 0.271 e. The second kappa shape index (κ2) is 7.58.